The number of methoxy groups -OCH3 is 1. The van der Waals surface area contributed by atoms with Gasteiger partial charge in [-0.2, -0.15) is 5.26 Å². The van der Waals surface area contributed by atoms with Crippen LogP contribution in [0.2, 0.25) is 5.02 Å². The summed E-state index contributed by atoms with van der Waals surface area (Å²) in [6, 6.07) is 7.63. The van der Waals surface area contributed by atoms with E-state index in [1.807, 2.05) is 0 Å². The van der Waals surface area contributed by atoms with Gasteiger partial charge in [0.1, 0.15) is 11.9 Å². The number of aliphatic hydroxyl groups is 1. The minimum atomic E-state index is -0.918. The molecule has 1 N–H and O–H groups in total. The molecule has 1 fully saturated rings. The highest BCUT2D eigenvalue weighted by molar-refractivity contribution is 6.31. The molecule has 4 heteroatoms. The topological polar surface area (TPSA) is 53.2 Å². The Hall–Kier alpha value is -1.24. The maximum absolute atomic E-state index is 10.8. The van der Waals surface area contributed by atoms with E-state index >= 15 is 0 Å². The lowest BCUT2D eigenvalue weighted by Gasteiger charge is -2.38. The lowest BCUT2D eigenvalue weighted by atomic mass is 9.66. The number of ether oxygens (including phenoxy) is 1. The zero-order valence-corrected chi connectivity index (χ0v) is 12.7. The van der Waals surface area contributed by atoms with Crippen molar-refractivity contribution in [2.45, 2.75) is 38.7 Å². The van der Waals surface area contributed by atoms with E-state index in [4.69, 9.17) is 16.3 Å². The summed E-state index contributed by atoms with van der Waals surface area (Å²) >= 11 is 6.23. The Morgan fingerprint density at radius 1 is 1.55 bits per heavy atom. The van der Waals surface area contributed by atoms with Gasteiger partial charge in [-0.05, 0) is 30.9 Å². The number of aliphatic hydroxyl groups excluding tert-OH is 1. The monoisotopic (exact) mass is 293 g/mol. The van der Waals surface area contributed by atoms with Crippen molar-refractivity contribution >= 4 is 11.6 Å². The third kappa shape index (κ3) is 2.63. The molecule has 0 aromatic heterocycles. The van der Waals surface area contributed by atoms with Gasteiger partial charge >= 0.3 is 0 Å². The van der Waals surface area contributed by atoms with E-state index in [0.29, 0.717) is 35.1 Å². The van der Waals surface area contributed by atoms with E-state index < -0.39 is 11.5 Å². The maximum atomic E-state index is 10.8. The third-order valence-electron chi connectivity index (χ3n) is 4.28. The van der Waals surface area contributed by atoms with Crippen molar-refractivity contribution in [1.82, 2.24) is 0 Å². The average molecular weight is 294 g/mol. The number of benzene rings is 1. The molecule has 1 aromatic carbocycles. The molecule has 1 aliphatic rings. The van der Waals surface area contributed by atoms with Crippen molar-refractivity contribution < 1.29 is 9.84 Å². The molecule has 1 saturated carbocycles. The molecule has 2 rings (SSSR count). The zero-order valence-electron chi connectivity index (χ0n) is 11.9. The summed E-state index contributed by atoms with van der Waals surface area (Å²) in [6.45, 7) is 2.13. The second-order valence-electron chi connectivity index (χ2n) is 5.73. The first-order chi connectivity index (χ1) is 9.54. The maximum Gasteiger partial charge on any atom is 0.126 e. The number of hydrogen-bond acceptors (Lipinski definition) is 3. The molecule has 0 spiro atoms. The van der Waals surface area contributed by atoms with Crippen LogP contribution < -0.4 is 4.74 Å². The summed E-state index contributed by atoms with van der Waals surface area (Å²) in [7, 11) is 1.55. The van der Waals surface area contributed by atoms with E-state index in [0.717, 1.165) is 12.8 Å². The zero-order chi connectivity index (χ0) is 14.8. The van der Waals surface area contributed by atoms with Gasteiger partial charge in [0, 0.05) is 5.56 Å². The predicted molar refractivity (Wildman–Crippen MR) is 78.6 cm³/mol. The second kappa shape index (κ2) is 6.03. The van der Waals surface area contributed by atoms with Gasteiger partial charge in [-0.1, -0.05) is 37.4 Å². The Bertz CT molecular complexity index is 526. The van der Waals surface area contributed by atoms with Gasteiger partial charge in [-0.15, -0.1) is 0 Å². The summed E-state index contributed by atoms with van der Waals surface area (Å²) in [5.41, 5.74) is -0.233. The number of rotatable bonds is 3. The summed E-state index contributed by atoms with van der Waals surface area (Å²) in [5.74, 6) is 0.976. The van der Waals surface area contributed by atoms with Crippen molar-refractivity contribution in [2.24, 2.45) is 11.3 Å². The van der Waals surface area contributed by atoms with Crippen molar-refractivity contribution in [2.75, 3.05) is 7.11 Å². The second-order valence-corrected chi connectivity index (χ2v) is 6.13. The highest BCUT2D eigenvalue weighted by Gasteiger charge is 2.44. The molecule has 1 aromatic rings. The van der Waals surface area contributed by atoms with Crippen LogP contribution in [0, 0.1) is 22.7 Å². The molecule has 3 atom stereocenters. The van der Waals surface area contributed by atoms with Crippen LogP contribution in [0.4, 0.5) is 0 Å². The molecule has 0 amide bonds. The number of halogens is 1. The minimum Gasteiger partial charge on any atom is -0.496 e. The van der Waals surface area contributed by atoms with Gasteiger partial charge < -0.3 is 9.84 Å². The van der Waals surface area contributed by atoms with Crippen molar-refractivity contribution in [3.05, 3.63) is 28.8 Å². The van der Waals surface area contributed by atoms with Crippen molar-refractivity contribution in [3.63, 3.8) is 0 Å². The number of hydrogen-bond donors (Lipinski definition) is 1. The van der Waals surface area contributed by atoms with E-state index in [-0.39, 0.29) is 0 Å². The fourth-order valence-electron chi connectivity index (χ4n) is 3.24. The van der Waals surface area contributed by atoms with E-state index in [9.17, 15) is 10.4 Å². The average Bonchev–Trinajstić information content (AvgIpc) is 2.46. The molecule has 0 heterocycles. The first-order valence-electron chi connectivity index (χ1n) is 6.96. The Kier molecular flexibility index (Phi) is 4.57. The molecule has 1 aliphatic carbocycles. The first-order valence-corrected chi connectivity index (χ1v) is 7.33. The summed E-state index contributed by atoms with van der Waals surface area (Å²) in [5, 5.41) is 20.9. The Balaban J connectivity index is 2.44. The van der Waals surface area contributed by atoms with Gasteiger partial charge in [0.15, 0.2) is 0 Å². The first kappa shape index (κ1) is 15.2. The molecule has 0 bridgehead atoms. The van der Waals surface area contributed by atoms with Crippen LogP contribution in [0.1, 0.15) is 44.3 Å². The molecule has 3 unspecified atom stereocenters. The lowest BCUT2D eigenvalue weighted by Crippen LogP contribution is -2.33. The Morgan fingerprint density at radius 3 is 2.90 bits per heavy atom. The SMILES string of the molecule is COc1cccc(Cl)c1C(O)C1(C#N)CCCC(C)C1. The summed E-state index contributed by atoms with van der Waals surface area (Å²) in [4.78, 5) is 0. The molecule has 0 radical (unpaired) electrons. The van der Waals surface area contributed by atoms with Gasteiger partial charge in [0.25, 0.3) is 0 Å². The standard InChI is InChI=1S/C16H20ClNO2/c1-11-5-4-8-16(9-11,10-18)15(19)14-12(17)6-3-7-13(14)20-2/h3,6-7,11,15,19H,4-5,8-9H2,1-2H3. The highest BCUT2D eigenvalue weighted by Crippen LogP contribution is 2.50. The molecule has 20 heavy (non-hydrogen) atoms. The lowest BCUT2D eigenvalue weighted by molar-refractivity contribution is 0.0205. The number of nitrogens with zero attached hydrogens (tertiary/aromatic N) is 1. The molecule has 108 valence electrons. The summed E-state index contributed by atoms with van der Waals surface area (Å²) < 4.78 is 5.30. The van der Waals surface area contributed by atoms with E-state index in [1.165, 1.54) is 0 Å². The fraction of sp³-hybridized carbons (Fsp3) is 0.562. The van der Waals surface area contributed by atoms with E-state index in [2.05, 4.69) is 13.0 Å². The van der Waals surface area contributed by atoms with Crippen LogP contribution >= 0.6 is 11.6 Å². The summed E-state index contributed by atoms with van der Waals surface area (Å²) in [6.07, 6.45) is 2.54. The molecular weight excluding hydrogens is 274 g/mol. The van der Waals surface area contributed by atoms with Crippen LogP contribution in [0.5, 0.6) is 5.75 Å². The third-order valence-corrected chi connectivity index (χ3v) is 4.61. The van der Waals surface area contributed by atoms with Crippen LogP contribution in [-0.4, -0.2) is 12.2 Å². The van der Waals surface area contributed by atoms with Gasteiger partial charge in [-0.3, -0.25) is 0 Å². The van der Waals surface area contributed by atoms with Gasteiger partial charge in [0.2, 0.25) is 0 Å². The molecular formula is C16H20ClNO2. The van der Waals surface area contributed by atoms with Crippen LogP contribution in [0.3, 0.4) is 0 Å². The van der Waals surface area contributed by atoms with Gasteiger partial charge in [-0.25, -0.2) is 0 Å². The quantitative estimate of drug-likeness (QED) is 0.913. The van der Waals surface area contributed by atoms with E-state index in [1.54, 1.807) is 25.3 Å². The Morgan fingerprint density at radius 2 is 2.30 bits per heavy atom. The smallest absolute Gasteiger partial charge is 0.126 e. The largest absolute Gasteiger partial charge is 0.496 e. The molecule has 0 aliphatic heterocycles. The van der Waals surface area contributed by atoms with Crippen LogP contribution in [0.25, 0.3) is 0 Å². The number of nitriles is 1. The fourth-order valence-corrected chi connectivity index (χ4v) is 3.51. The minimum absolute atomic E-state index is 0.437. The predicted octanol–water partition coefficient (Wildman–Crippen LogP) is 4.10. The van der Waals surface area contributed by atoms with Crippen molar-refractivity contribution in [3.8, 4) is 11.8 Å². The highest BCUT2D eigenvalue weighted by atomic mass is 35.5. The molecule has 0 saturated heterocycles. The Labute approximate surface area is 125 Å². The van der Waals surface area contributed by atoms with Crippen LogP contribution in [-0.2, 0) is 0 Å². The molecule has 3 nitrogen and oxygen atoms in total. The van der Waals surface area contributed by atoms with Crippen molar-refractivity contribution in [1.29, 1.82) is 5.26 Å². The normalized spacial score (nSPS) is 27.6. The van der Waals surface area contributed by atoms with Gasteiger partial charge in [0.05, 0.1) is 23.6 Å². The van der Waals surface area contributed by atoms with Crippen LogP contribution in [0.15, 0.2) is 18.2 Å².